The van der Waals surface area contributed by atoms with Gasteiger partial charge in [-0.05, 0) is 47.9 Å². The molecule has 5 nitrogen and oxygen atoms in total. The van der Waals surface area contributed by atoms with Crippen LogP contribution < -0.4 is 20.5 Å². The van der Waals surface area contributed by atoms with Gasteiger partial charge in [0, 0.05) is 0 Å². The maximum absolute atomic E-state index is 12.0. The Balaban J connectivity index is 2.28. The minimum absolute atomic E-state index is 0.424. The molecule has 150 valence electrons. The van der Waals surface area contributed by atoms with Crippen molar-refractivity contribution in [2.24, 2.45) is 5.73 Å². The molecule has 0 fully saturated rings. The summed E-state index contributed by atoms with van der Waals surface area (Å²) in [5.74, 6) is 1.09. The van der Waals surface area contributed by atoms with Gasteiger partial charge >= 0.3 is 0 Å². The first-order valence-corrected chi connectivity index (χ1v) is 9.43. The fourth-order valence-electron chi connectivity index (χ4n) is 3.52. The number of primary amides is 1. The van der Waals surface area contributed by atoms with Gasteiger partial charge in [-0.1, -0.05) is 54.6 Å². The predicted molar refractivity (Wildman–Crippen MR) is 114 cm³/mol. The summed E-state index contributed by atoms with van der Waals surface area (Å²) < 4.78 is 10.7. The molecule has 29 heavy (non-hydrogen) atoms. The van der Waals surface area contributed by atoms with Gasteiger partial charge in [0.05, 0.1) is 25.8 Å². The molecule has 0 aliphatic carbocycles. The number of carbonyl (C=O) groups excluding carboxylic acids is 1. The zero-order valence-corrected chi connectivity index (χ0v) is 16.9. The summed E-state index contributed by atoms with van der Waals surface area (Å²) in [6.07, 6.45) is 0. The van der Waals surface area contributed by atoms with Crippen molar-refractivity contribution in [1.29, 1.82) is 0 Å². The summed E-state index contributed by atoms with van der Waals surface area (Å²) in [6.45, 7) is 1.77. The maximum Gasteiger partial charge on any atom is 0.234 e. The lowest BCUT2D eigenvalue weighted by Crippen LogP contribution is -2.53. The van der Waals surface area contributed by atoms with E-state index in [2.05, 4.69) is 5.32 Å². The highest BCUT2D eigenvalue weighted by molar-refractivity contribution is 5.79. The first kappa shape index (κ1) is 20.4. The quantitative estimate of drug-likeness (QED) is 0.578. The van der Waals surface area contributed by atoms with Gasteiger partial charge in [0.1, 0.15) is 11.5 Å². The number of nitrogens with two attached hydrogens (primary N) is 1. The third-order valence-corrected chi connectivity index (χ3v) is 5.11. The zero-order valence-electron chi connectivity index (χ0n) is 16.9. The highest BCUT2D eigenvalue weighted by atomic mass is 16.5. The van der Waals surface area contributed by atoms with E-state index in [1.165, 1.54) is 0 Å². The van der Waals surface area contributed by atoms with E-state index in [4.69, 9.17) is 15.2 Å². The van der Waals surface area contributed by atoms with Gasteiger partial charge in [-0.2, -0.15) is 0 Å². The number of hydrogen-bond acceptors (Lipinski definition) is 4. The molecule has 0 saturated carbocycles. The van der Waals surface area contributed by atoms with Gasteiger partial charge in [-0.3, -0.25) is 10.1 Å². The molecule has 3 N–H and O–H groups in total. The lowest BCUT2D eigenvalue weighted by molar-refractivity contribution is -0.119. The average molecular weight is 390 g/mol. The smallest absolute Gasteiger partial charge is 0.234 e. The van der Waals surface area contributed by atoms with Gasteiger partial charge in [-0.15, -0.1) is 0 Å². The molecule has 0 aromatic heterocycles. The molecule has 3 rings (SSSR count). The van der Waals surface area contributed by atoms with Crippen molar-refractivity contribution >= 4 is 5.91 Å². The van der Waals surface area contributed by atoms with Crippen LogP contribution >= 0.6 is 0 Å². The van der Waals surface area contributed by atoms with Crippen molar-refractivity contribution in [3.8, 4) is 11.5 Å². The largest absolute Gasteiger partial charge is 0.497 e. The molecular formula is C24H26N2O3. The minimum atomic E-state index is -0.797. The van der Waals surface area contributed by atoms with Gasteiger partial charge in [-0.25, -0.2) is 0 Å². The Hall–Kier alpha value is -3.31. The van der Waals surface area contributed by atoms with E-state index < -0.39 is 17.5 Å². The third kappa shape index (κ3) is 4.10. The summed E-state index contributed by atoms with van der Waals surface area (Å²) in [7, 11) is 3.27. The lowest BCUT2D eigenvalue weighted by Gasteiger charge is -2.39. The Bertz CT molecular complexity index is 891. The molecule has 0 aliphatic heterocycles. The number of rotatable bonds is 8. The van der Waals surface area contributed by atoms with E-state index in [1.54, 1.807) is 21.1 Å². The summed E-state index contributed by atoms with van der Waals surface area (Å²) in [6, 6.07) is 25.1. The molecular weight excluding hydrogens is 364 g/mol. The van der Waals surface area contributed by atoms with E-state index in [1.807, 2.05) is 78.9 Å². The molecule has 0 spiro atoms. The van der Waals surface area contributed by atoms with Crippen LogP contribution in [0.3, 0.4) is 0 Å². The standard InChI is InChI=1S/C24H26N2O3/c1-17(23(25)27)26-24(18-7-5-4-6-8-18,19-9-13-21(28-2)14-10-19)20-11-15-22(29-3)16-12-20/h4-17,26H,1-3H3,(H2,25,27)/t17-/m0/s1. The fourth-order valence-corrected chi connectivity index (χ4v) is 3.52. The summed E-state index contributed by atoms with van der Waals surface area (Å²) in [5, 5.41) is 3.50. The van der Waals surface area contributed by atoms with Gasteiger partial charge in [0.2, 0.25) is 5.91 Å². The third-order valence-electron chi connectivity index (χ3n) is 5.11. The number of amides is 1. The predicted octanol–water partition coefficient (Wildman–Crippen LogP) is 3.46. The molecule has 5 heteroatoms. The first-order valence-electron chi connectivity index (χ1n) is 9.43. The van der Waals surface area contributed by atoms with Crippen molar-refractivity contribution < 1.29 is 14.3 Å². The molecule has 1 amide bonds. The molecule has 3 aromatic carbocycles. The Kier molecular flexibility index (Phi) is 6.20. The monoisotopic (exact) mass is 390 g/mol. The summed E-state index contributed by atoms with van der Waals surface area (Å²) in [5.41, 5.74) is 7.74. The average Bonchev–Trinajstić information content (AvgIpc) is 2.78. The van der Waals surface area contributed by atoms with Crippen LogP contribution in [0.4, 0.5) is 0 Å². The maximum atomic E-state index is 12.0. The van der Waals surface area contributed by atoms with E-state index in [0.29, 0.717) is 0 Å². The van der Waals surface area contributed by atoms with E-state index >= 15 is 0 Å². The van der Waals surface area contributed by atoms with Crippen molar-refractivity contribution in [3.05, 3.63) is 95.6 Å². The molecule has 0 saturated heterocycles. The highest BCUT2D eigenvalue weighted by Gasteiger charge is 2.38. The van der Waals surface area contributed by atoms with E-state index in [-0.39, 0.29) is 0 Å². The summed E-state index contributed by atoms with van der Waals surface area (Å²) >= 11 is 0. The van der Waals surface area contributed by atoms with Crippen molar-refractivity contribution in [3.63, 3.8) is 0 Å². The highest BCUT2D eigenvalue weighted by Crippen LogP contribution is 2.38. The van der Waals surface area contributed by atoms with Crippen LogP contribution in [-0.4, -0.2) is 26.2 Å². The number of hydrogen-bond donors (Lipinski definition) is 2. The second kappa shape index (κ2) is 8.80. The van der Waals surface area contributed by atoms with E-state index in [0.717, 1.165) is 28.2 Å². The molecule has 0 bridgehead atoms. The topological polar surface area (TPSA) is 73.6 Å². The van der Waals surface area contributed by atoms with Gasteiger partial charge < -0.3 is 15.2 Å². The van der Waals surface area contributed by atoms with Crippen LogP contribution in [0.1, 0.15) is 23.6 Å². The van der Waals surface area contributed by atoms with E-state index in [9.17, 15) is 4.79 Å². The number of nitrogens with one attached hydrogen (secondary N) is 1. The van der Waals surface area contributed by atoms with Gasteiger partial charge in [0.15, 0.2) is 0 Å². The Morgan fingerprint density at radius 1 is 0.793 bits per heavy atom. The van der Waals surface area contributed by atoms with Crippen LogP contribution in [-0.2, 0) is 10.3 Å². The Morgan fingerprint density at radius 2 is 1.21 bits per heavy atom. The van der Waals surface area contributed by atoms with Crippen LogP contribution in [0.5, 0.6) is 11.5 Å². The van der Waals surface area contributed by atoms with Crippen molar-refractivity contribution in [2.45, 2.75) is 18.5 Å². The molecule has 3 aromatic rings. The number of carbonyl (C=O) groups is 1. The first-order chi connectivity index (χ1) is 14.0. The second-order valence-electron chi connectivity index (χ2n) is 6.84. The molecule has 0 radical (unpaired) electrons. The minimum Gasteiger partial charge on any atom is -0.497 e. The second-order valence-corrected chi connectivity index (χ2v) is 6.84. The molecule has 0 aliphatic rings. The fraction of sp³-hybridized carbons (Fsp3) is 0.208. The molecule has 0 heterocycles. The zero-order chi connectivity index (χ0) is 20.9. The normalized spacial score (nSPS) is 12.2. The SMILES string of the molecule is COc1ccc(C(N[C@@H](C)C(N)=O)(c2ccccc2)c2ccc(OC)cc2)cc1. The lowest BCUT2D eigenvalue weighted by atomic mass is 9.76. The molecule has 1 atom stereocenters. The summed E-state index contributed by atoms with van der Waals surface area (Å²) in [4.78, 5) is 12.0. The van der Waals surface area contributed by atoms with Crippen molar-refractivity contribution in [2.75, 3.05) is 14.2 Å². The molecule has 0 unspecified atom stereocenters. The van der Waals surface area contributed by atoms with Crippen LogP contribution in [0.25, 0.3) is 0 Å². The van der Waals surface area contributed by atoms with Gasteiger partial charge in [0.25, 0.3) is 0 Å². The van der Waals surface area contributed by atoms with Crippen molar-refractivity contribution in [1.82, 2.24) is 5.32 Å². The number of ether oxygens (including phenoxy) is 2. The Labute approximate surface area is 171 Å². The Morgan fingerprint density at radius 3 is 1.59 bits per heavy atom. The number of benzene rings is 3. The number of methoxy groups -OCH3 is 2. The van der Waals surface area contributed by atoms with Crippen LogP contribution in [0.15, 0.2) is 78.9 Å². The van der Waals surface area contributed by atoms with Crippen LogP contribution in [0, 0.1) is 0 Å². The van der Waals surface area contributed by atoms with Crippen LogP contribution in [0.2, 0.25) is 0 Å².